The molecule has 6 heteroatoms. The van der Waals surface area contributed by atoms with E-state index in [9.17, 15) is 4.79 Å². The van der Waals surface area contributed by atoms with Gasteiger partial charge < -0.3 is 19.4 Å². The van der Waals surface area contributed by atoms with Crippen LogP contribution in [0.1, 0.15) is 11.1 Å². The predicted octanol–water partition coefficient (Wildman–Crippen LogP) is 6.95. The summed E-state index contributed by atoms with van der Waals surface area (Å²) in [7, 11) is 0. The summed E-state index contributed by atoms with van der Waals surface area (Å²) in [5.41, 5.74) is 5.18. The number of nitrogens with one attached hydrogen (secondary N) is 1. The first kappa shape index (κ1) is 24.1. The van der Waals surface area contributed by atoms with E-state index in [-0.39, 0.29) is 5.43 Å². The van der Waals surface area contributed by atoms with Gasteiger partial charge in [0.05, 0.1) is 18.6 Å². The molecule has 0 bridgehead atoms. The number of thiophene rings is 1. The fourth-order valence-corrected chi connectivity index (χ4v) is 6.79. The van der Waals surface area contributed by atoms with Crippen molar-refractivity contribution in [3.05, 3.63) is 112 Å². The van der Waals surface area contributed by atoms with Crippen molar-refractivity contribution < 1.29 is 9.15 Å². The van der Waals surface area contributed by atoms with E-state index in [2.05, 4.69) is 76.9 Å². The third-order valence-electron chi connectivity index (χ3n) is 7.45. The SMILES string of the molecule is O=c1cc(N2CCOCC2)oc2c(-c3ccc(CNCc4ccccc4)c4c3sc3ccccc34)cccc12. The third-order valence-corrected chi connectivity index (χ3v) is 8.66. The lowest BCUT2D eigenvalue weighted by Crippen LogP contribution is -2.36. The Balaban J connectivity index is 1.36. The van der Waals surface area contributed by atoms with Gasteiger partial charge in [-0.3, -0.25) is 4.79 Å². The number of ether oxygens (including phenoxy) is 1. The molecule has 1 saturated heterocycles. The quantitative estimate of drug-likeness (QED) is 0.251. The Hall–Kier alpha value is -3.97. The van der Waals surface area contributed by atoms with E-state index in [0.29, 0.717) is 43.2 Å². The van der Waals surface area contributed by atoms with Crippen molar-refractivity contribution in [2.75, 3.05) is 31.2 Å². The minimum absolute atomic E-state index is 0.0195. The molecule has 4 aromatic carbocycles. The van der Waals surface area contributed by atoms with Gasteiger partial charge in [-0.25, -0.2) is 0 Å². The maximum Gasteiger partial charge on any atom is 0.200 e. The van der Waals surface area contributed by atoms with Crippen molar-refractivity contribution in [2.24, 2.45) is 0 Å². The van der Waals surface area contributed by atoms with Gasteiger partial charge in [-0.2, -0.15) is 0 Å². The highest BCUT2D eigenvalue weighted by Gasteiger charge is 2.20. The van der Waals surface area contributed by atoms with E-state index in [1.807, 2.05) is 18.2 Å². The summed E-state index contributed by atoms with van der Waals surface area (Å²) in [6.45, 7) is 4.25. The molecule has 7 rings (SSSR count). The molecule has 5 nitrogen and oxygen atoms in total. The molecule has 6 aromatic rings. The van der Waals surface area contributed by atoms with Crippen molar-refractivity contribution in [2.45, 2.75) is 13.1 Å². The summed E-state index contributed by atoms with van der Waals surface area (Å²) in [6.07, 6.45) is 0. The van der Waals surface area contributed by atoms with Crippen LogP contribution in [-0.4, -0.2) is 26.3 Å². The molecule has 3 heterocycles. The van der Waals surface area contributed by atoms with Gasteiger partial charge in [0.25, 0.3) is 0 Å². The number of benzene rings is 4. The molecule has 0 atom stereocenters. The van der Waals surface area contributed by atoms with E-state index in [0.717, 1.165) is 24.2 Å². The number of fused-ring (bicyclic) bond motifs is 4. The Labute approximate surface area is 230 Å². The zero-order chi connectivity index (χ0) is 26.2. The molecule has 0 unspecified atom stereocenters. The number of anilines is 1. The number of hydrogen-bond acceptors (Lipinski definition) is 6. The molecule has 1 N–H and O–H groups in total. The minimum atomic E-state index is -0.0195. The molecule has 2 aromatic heterocycles. The highest BCUT2D eigenvalue weighted by molar-refractivity contribution is 7.26. The standard InChI is InChI=1S/C33H28N2O3S/c36-28-19-30(35-15-17-37-18-16-35)38-32-24(10-6-11-26(28)32)25-14-13-23(21-34-20-22-7-2-1-3-8-22)31-27-9-4-5-12-29(27)39-33(25)31/h1-14,19,34H,15-18,20-21H2. The van der Waals surface area contributed by atoms with Gasteiger partial charge >= 0.3 is 0 Å². The Kier molecular flexibility index (Phi) is 6.37. The average molecular weight is 533 g/mol. The Morgan fingerprint density at radius 3 is 2.46 bits per heavy atom. The second-order valence-electron chi connectivity index (χ2n) is 9.89. The number of nitrogens with zero attached hydrogens (tertiary/aromatic N) is 1. The maximum atomic E-state index is 13.2. The summed E-state index contributed by atoms with van der Waals surface area (Å²) < 4.78 is 14.5. The van der Waals surface area contributed by atoms with Crippen LogP contribution < -0.4 is 15.6 Å². The second kappa shape index (κ2) is 10.3. The monoisotopic (exact) mass is 532 g/mol. The summed E-state index contributed by atoms with van der Waals surface area (Å²) in [6, 6.07) is 31.0. The number of hydrogen-bond donors (Lipinski definition) is 1. The summed E-state index contributed by atoms with van der Waals surface area (Å²) >= 11 is 1.80. The molecular formula is C33H28N2O3S. The van der Waals surface area contributed by atoms with Gasteiger partial charge in [0.15, 0.2) is 11.3 Å². The van der Waals surface area contributed by atoms with Crippen LogP contribution in [-0.2, 0) is 17.8 Å². The van der Waals surface area contributed by atoms with Gasteiger partial charge in [0.1, 0.15) is 5.58 Å². The Morgan fingerprint density at radius 2 is 1.59 bits per heavy atom. The molecule has 0 saturated carbocycles. The van der Waals surface area contributed by atoms with Crippen molar-refractivity contribution in [1.82, 2.24) is 5.32 Å². The maximum absolute atomic E-state index is 13.2. The van der Waals surface area contributed by atoms with Crippen molar-refractivity contribution >= 4 is 48.4 Å². The van der Waals surface area contributed by atoms with E-state index in [4.69, 9.17) is 9.15 Å². The first-order valence-corrected chi connectivity index (χ1v) is 14.2. The van der Waals surface area contributed by atoms with Crippen molar-refractivity contribution in [3.8, 4) is 11.1 Å². The summed E-state index contributed by atoms with van der Waals surface area (Å²) in [5, 5.41) is 6.76. The van der Waals surface area contributed by atoms with Gasteiger partial charge in [-0.05, 0) is 23.3 Å². The number of para-hydroxylation sites is 1. The Morgan fingerprint density at radius 1 is 0.795 bits per heavy atom. The zero-order valence-corrected chi connectivity index (χ0v) is 22.3. The average Bonchev–Trinajstić information content (AvgIpc) is 3.38. The van der Waals surface area contributed by atoms with E-state index in [1.165, 1.54) is 31.3 Å². The number of morpholine rings is 1. The minimum Gasteiger partial charge on any atom is -0.440 e. The van der Waals surface area contributed by atoms with Crippen molar-refractivity contribution in [3.63, 3.8) is 0 Å². The van der Waals surface area contributed by atoms with Crippen molar-refractivity contribution in [1.29, 1.82) is 0 Å². The zero-order valence-electron chi connectivity index (χ0n) is 21.5. The first-order chi connectivity index (χ1) is 19.3. The first-order valence-electron chi connectivity index (χ1n) is 13.3. The van der Waals surface area contributed by atoms with Crippen LogP contribution >= 0.6 is 11.3 Å². The summed E-state index contributed by atoms with van der Waals surface area (Å²) in [4.78, 5) is 15.3. The molecule has 0 radical (unpaired) electrons. The van der Waals surface area contributed by atoms with Crippen LogP contribution in [0.3, 0.4) is 0 Å². The van der Waals surface area contributed by atoms with Crippen LogP contribution in [0.15, 0.2) is 100 Å². The summed E-state index contributed by atoms with van der Waals surface area (Å²) in [5.74, 6) is 0.609. The van der Waals surface area contributed by atoms with E-state index in [1.54, 1.807) is 17.4 Å². The van der Waals surface area contributed by atoms with E-state index >= 15 is 0 Å². The van der Waals surface area contributed by atoms with Crippen LogP contribution in [0, 0.1) is 0 Å². The van der Waals surface area contributed by atoms with Gasteiger partial charge in [0.2, 0.25) is 0 Å². The lowest BCUT2D eigenvalue weighted by Gasteiger charge is -2.27. The molecular weight excluding hydrogens is 504 g/mol. The topological polar surface area (TPSA) is 54.7 Å². The molecule has 39 heavy (non-hydrogen) atoms. The molecule has 1 aliphatic heterocycles. The van der Waals surface area contributed by atoms with E-state index < -0.39 is 0 Å². The predicted molar refractivity (Wildman–Crippen MR) is 161 cm³/mol. The molecule has 0 amide bonds. The second-order valence-corrected chi connectivity index (χ2v) is 10.9. The normalized spacial score (nSPS) is 14.0. The van der Waals surface area contributed by atoms with Crippen LogP contribution in [0.25, 0.3) is 42.3 Å². The largest absolute Gasteiger partial charge is 0.440 e. The molecule has 0 spiro atoms. The van der Waals surface area contributed by atoms with Gasteiger partial charge in [0, 0.05) is 63.5 Å². The molecule has 194 valence electrons. The number of rotatable bonds is 6. The molecule has 1 aliphatic rings. The fourth-order valence-electron chi connectivity index (χ4n) is 5.51. The lowest BCUT2D eigenvalue weighted by atomic mass is 9.97. The van der Waals surface area contributed by atoms with Crippen LogP contribution in [0.4, 0.5) is 5.88 Å². The fraction of sp³-hybridized carbons (Fsp3) is 0.182. The van der Waals surface area contributed by atoms with Gasteiger partial charge in [-0.1, -0.05) is 72.8 Å². The third kappa shape index (κ3) is 4.51. The Bertz CT molecular complexity index is 1850. The van der Waals surface area contributed by atoms with Gasteiger partial charge in [-0.15, -0.1) is 11.3 Å². The smallest absolute Gasteiger partial charge is 0.200 e. The molecule has 0 aliphatic carbocycles. The molecule has 1 fully saturated rings. The highest BCUT2D eigenvalue weighted by atomic mass is 32.1. The highest BCUT2D eigenvalue weighted by Crippen LogP contribution is 2.43. The lowest BCUT2D eigenvalue weighted by molar-refractivity contribution is 0.121. The van der Waals surface area contributed by atoms with Crippen LogP contribution in [0.5, 0.6) is 0 Å². The van der Waals surface area contributed by atoms with Crippen LogP contribution in [0.2, 0.25) is 0 Å².